The second kappa shape index (κ2) is 4.97. The number of hydrogen-bond acceptors (Lipinski definition) is 3. The Morgan fingerprint density at radius 3 is 2.07 bits per heavy atom. The minimum Gasteiger partial charge on any atom is -0.481 e. The molecule has 15 heavy (non-hydrogen) atoms. The van der Waals surface area contributed by atoms with Gasteiger partial charge >= 0.3 is 11.9 Å². The van der Waals surface area contributed by atoms with Crippen molar-refractivity contribution in [2.75, 3.05) is 12.9 Å². The van der Waals surface area contributed by atoms with Crippen LogP contribution in [0.1, 0.15) is 13.3 Å². The Morgan fingerprint density at radius 1 is 1.33 bits per heavy atom. The summed E-state index contributed by atoms with van der Waals surface area (Å²) in [5.41, 5.74) is -1.78. The summed E-state index contributed by atoms with van der Waals surface area (Å²) in [7, 11) is 1.21. The molecule has 1 amide bonds. The normalized spacial score (nSPS) is 14.1. The molecule has 0 heterocycles. The van der Waals surface area contributed by atoms with Crippen LogP contribution in [0.5, 0.6) is 0 Å². The molecule has 0 fully saturated rings. The van der Waals surface area contributed by atoms with Gasteiger partial charge in [-0.25, -0.2) is 4.79 Å². The maximum Gasteiger partial charge on any atom is 0.329 e. The van der Waals surface area contributed by atoms with Gasteiger partial charge in [0, 0.05) is 7.05 Å². The molecule has 2 N–H and O–H groups in total. The summed E-state index contributed by atoms with van der Waals surface area (Å²) >= 11 is 5.26. The van der Waals surface area contributed by atoms with Crippen LogP contribution in [-0.2, 0) is 14.4 Å². The lowest BCUT2D eigenvalue weighted by Crippen LogP contribution is -2.54. The van der Waals surface area contributed by atoms with Crippen molar-refractivity contribution in [3.05, 3.63) is 0 Å². The Bertz CT molecular complexity index is 293. The SMILES string of the molecule is CN(C(=O)CCl)[C@@](C)(CC(=O)O)C(=O)O. The maximum absolute atomic E-state index is 11.2. The summed E-state index contributed by atoms with van der Waals surface area (Å²) < 4.78 is 0. The highest BCUT2D eigenvalue weighted by Gasteiger charge is 2.41. The highest BCUT2D eigenvalue weighted by molar-refractivity contribution is 6.27. The lowest BCUT2D eigenvalue weighted by molar-refractivity contribution is -0.160. The number of amides is 1. The Kier molecular flexibility index (Phi) is 4.54. The molecule has 0 aromatic rings. The third-order valence-electron chi connectivity index (χ3n) is 2.18. The van der Waals surface area contributed by atoms with E-state index < -0.39 is 29.8 Å². The average Bonchev–Trinajstić information content (AvgIpc) is 2.13. The third-order valence-corrected chi connectivity index (χ3v) is 2.41. The van der Waals surface area contributed by atoms with E-state index in [1.165, 1.54) is 7.05 Å². The monoisotopic (exact) mass is 237 g/mol. The Hall–Kier alpha value is -1.30. The lowest BCUT2D eigenvalue weighted by Gasteiger charge is -2.33. The smallest absolute Gasteiger partial charge is 0.329 e. The van der Waals surface area contributed by atoms with Crippen LogP contribution in [-0.4, -0.2) is 51.4 Å². The maximum atomic E-state index is 11.2. The fraction of sp³-hybridized carbons (Fsp3) is 0.625. The number of carboxylic acids is 2. The lowest BCUT2D eigenvalue weighted by atomic mass is 9.96. The molecule has 6 nitrogen and oxygen atoms in total. The first-order valence-electron chi connectivity index (χ1n) is 4.03. The van der Waals surface area contributed by atoms with Gasteiger partial charge in [-0.1, -0.05) is 0 Å². The number of halogens is 1. The molecular weight excluding hydrogens is 226 g/mol. The first-order chi connectivity index (χ1) is 6.75. The van der Waals surface area contributed by atoms with Gasteiger partial charge in [-0.3, -0.25) is 9.59 Å². The number of rotatable bonds is 5. The van der Waals surface area contributed by atoms with Gasteiger partial charge in [0.25, 0.3) is 0 Å². The summed E-state index contributed by atoms with van der Waals surface area (Å²) in [5, 5.41) is 17.5. The van der Waals surface area contributed by atoms with E-state index in [4.69, 9.17) is 21.8 Å². The van der Waals surface area contributed by atoms with E-state index in [0.29, 0.717) is 0 Å². The number of carbonyl (C=O) groups is 3. The molecule has 0 saturated carbocycles. The van der Waals surface area contributed by atoms with Crippen LogP contribution in [0, 0.1) is 0 Å². The number of carbonyl (C=O) groups excluding carboxylic acids is 1. The van der Waals surface area contributed by atoms with Gasteiger partial charge in [-0.2, -0.15) is 0 Å². The fourth-order valence-electron chi connectivity index (χ4n) is 0.997. The van der Waals surface area contributed by atoms with Crippen molar-refractivity contribution in [3.8, 4) is 0 Å². The fourth-order valence-corrected chi connectivity index (χ4v) is 1.18. The molecule has 0 unspecified atom stereocenters. The number of alkyl halides is 1. The highest BCUT2D eigenvalue weighted by Crippen LogP contribution is 2.19. The summed E-state index contributed by atoms with van der Waals surface area (Å²) in [6.45, 7) is 1.16. The van der Waals surface area contributed by atoms with Gasteiger partial charge in [0.05, 0.1) is 6.42 Å². The second-order valence-corrected chi connectivity index (χ2v) is 3.50. The van der Waals surface area contributed by atoms with Crippen molar-refractivity contribution in [2.45, 2.75) is 18.9 Å². The Labute approximate surface area is 91.4 Å². The number of hydrogen-bond donors (Lipinski definition) is 2. The van der Waals surface area contributed by atoms with Gasteiger partial charge in [0.15, 0.2) is 0 Å². The number of nitrogens with zero attached hydrogens (tertiary/aromatic N) is 1. The van der Waals surface area contributed by atoms with E-state index in [1.54, 1.807) is 0 Å². The molecule has 0 aliphatic heterocycles. The van der Waals surface area contributed by atoms with Crippen molar-refractivity contribution in [3.63, 3.8) is 0 Å². The molecule has 0 aliphatic carbocycles. The van der Waals surface area contributed by atoms with Crippen molar-refractivity contribution in [1.82, 2.24) is 4.90 Å². The van der Waals surface area contributed by atoms with Crippen molar-refractivity contribution < 1.29 is 24.6 Å². The van der Waals surface area contributed by atoms with E-state index in [-0.39, 0.29) is 5.88 Å². The zero-order chi connectivity index (χ0) is 12.2. The van der Waals surface area contributed by atoms with Crippen LogP contribution >= 0.6 is 11.6 Å². The van der Waals surface area contributed by atoms with E-state index in [9.17, 15) is 14.4 Å². The number of aliphatic carboxylic acids is 2. The Morgan fingerprint density at radius 2 is 1.80 bits per heavy atom. The minimum atomic E-state index is -1.78. The molecule has 0 spiro atoms. The van der Waals surface area contributed by atoms with Crippen LogP contribution in [0.25, 0.3) is 0 Å². The van der Waals surface area contributed by atoms with Gasteiger partial charge in [0.2, 0.25) is 5.91 Å². The molecule has 0 bridgehead atoms. The van der Waals surface area contributed by atoms with Gasteiger partial charge in [-0.05, 0) is 6.92 Å². The molecule has 0 rings (SSSR count). The predicted molar refractivity (Wildman–Crippen MR) is 51.8 cm³/mol. The largest absolute Gasteiger partial charge is 0.481 e. The van der Waals surface area contributed by atoms with Crippen LogP contribution in [0.3, 0.4) is 0 Å². The standard InChI is InChI=1S/C8H12ClNO5/c1-8(7(14)15,3-6(12)13)10(2)5(11)4-9/h3-4H2,1-2H3,(H,12,13)(H,14,15)/t8-/m0/s1. The van der Waals surface area contributed by atoms with Gasteiger partial charge in [0.1, 0.15) is 11.4 Å². The second-order valence-electron chi connectivity index (χ2n) is 3.24. The van der Waals surface area contributed by atoms with Crippen molar-refractivity contribution >= 4 is 29.4 Å². The van der Waals surface area contributed by atoms with Crippen molar-refractivity contribution in [2.24, 2.45) is 0 Å². The summed E-state index contributed by atoms with van der Waals surface area (Å²) in [5.74, 6) is -3.71. The predicted octanol–water partition coefficient (Wildman–Crippen LogP) is 0.00160. The van der Waals surface area contributed by atoms with E-state index in [0.717, 1.165) is 11.8 Å². The molecule has 0 aromatic carbocycles. The minimum absolute atomic E-state index is 0.390. The molecule has 7 heteroatoms. The van der Waals surface area contributed by atoms with Crippen LogP contribution in [0.15, 0.2) is 0 Å². The summed E-state index contributed by atoms with van der Waals surface area (Å²) in [6.07, 6.45) is -0.679. The third kappa shape index (κ3) is 3.09. The summed E-state index contributed by atoms with van der Waals surface area (Å²) in [4.78, 5) is 33.4. The molecule has 86 valence electrons. The highest BCUT2D eigenvalue weighted by atomic mass is 35.5. The topological polar surface area (TPSA) is 94.9 Å². The van der Waals surface area contributed by atoms with E-state index in [2.05, 4.69) is 0 Å². The zero-order valence-electron chi connectivity index (χ0n) is 8.36. The number of likely N-dealkylation sites (N-methyl/N-ethyl adjacent to an activating group) is 1. The van der Waals surface area contributed by atoms with Crippen molar-refractivity contribution in [1.29, 1.82) is 0 Å². The van der Waals surface area contributed by atoms with Crippen LogP contribution < -0.4 is 0 Å². The molecule has 0 aromatic heterocycles. The molecule has 0 radical (unpaired) electrons. The average molecular weight is 238 g/mol. The summed E-state index contributed by atoms with van der Waals surface area (Å²) in [6, 6.07) is 0. The molecular formula is C8H12ClNO5. The van der Waals surface area contributed by atoms with Crippen LogP contribution in [0.4, 0.5) is 0 Å². The van der Waals surface area contributed by atoms with Gasteiger partial charge < -0.3 is 15.1 Å². The number of carboxylic acid groups (broad SMARTS) is 2. The van der Waals surface area contributed by atoms with Gasteiger partial charge in [-0.15, -0.1) is 11.6 Å². The molecule has 0 aliphatic rings. The quantitative estimate of drug-likeness (QED) is 0.657. The molecule has 0 saturated heterocycles. The van der Waals surface area contributed by atoms with Crippen LogP contribution in [0.2, 0.25) is 0 Å². The van der Waals surface area contributed by atoms with E-state index in [1.807, 2.05) is 0 Å². The first-order valence-corrected chi connectivity index (χ1v) is 4.57. The zero-order valence-corrected chi connectivity index (χ0v) is 9.11. The first kappa shape index (κ1) is 13.7. The molecule has 1 atom stereocenters. The Balaban J connectivity index is 5.02. The van der Waals surface area contributed by atoms with E-state index >= 15 is 0 Å².